The first-order valence-corrected chi connectivity index (χ1v) is 8.09. The Kier molecular flexibility index (Phi) is 12.1. The number of amides is 1. The van der Waals surface area contributed by atoms with E-state index >= 15 is 0 Å². The Morgan fingerprint density at radius 2 is 1.63 bits per heavy atom. The Hall–Kier alpha value is -0.570. The van der Waals surface area contributed by atoms with E-state index < -0.39 is 0 Å². The third-order valence-corrected chi connectivity index (χ3v) is 3.41. The van der Waals surface area contributed by atoms with Crippen LogP contribution in [0.1, 0.15) is 78.6 Å². The Bertz CT molecular complexity index is 217. The lowest BCUT2D eigenvalue weighted by atomic mass is 10.0. The molecule has 0 aliphatic carbocycles. The van der Waals surface area contributed by atoms with Crippen molar-refractivity contribution in [3.05, 3.63) is 0 Å². The van der Waals surface area contributed by atoms with Gasteiger partial charge in [-0.25, -0.2) is 0 Å². The minimum absolute atomic E-state index is 0.150. The Morgan fingerprint density at radius 3 is 2.16 bits per heavy atom. The lowest BCUT2D eigenvalue weighted by molar-refractivity contribution is -0.121. The average molecular weight is 270 g/mol. The first kappa shape index (κ1) is 18.4. The van der Waals surface area contributed by atoms with Crippen molar-refractivity contribution in [2.24, 2.45) is 11.7 Å². The van der Waals surface area contributed by atoms with Crippen LogP contribution < -0.4 is 11.1 Å². The van der Waals surface area contributed by atoms with Crippen LogP contribution in [0.15, 0.2) is 0 Å². The quantitative estimate of drug-likeness (QED) is 0.532. The minimum atomic E-state index is 0.150. The molecule has 1 unspecified atom stereocenters. The molecule has 3 N–H and O–H groups in total. The number of hydrogen-bond donors (Lipinski definition) is 2. The molecule has 0 heterocycles. The fourth-order valence-electron chi connectivity index (χ4n) is 2.33. The highest BCUT2D eigenvalue weighted by Gasteiger charge is 2.11. The molecule has 114 valence electrons. The molecule has 0 spiro atoms. The van der Waals surface area contributed by atoms with E-state index in [2.05, 4.69) is 26.1 Å². The second kappa shape index (κ2) is 12.5. The molecule has 0 radical (unpaired) electrons. The van der Waals surface area contributed by atoms with Gasteiger partial charge >= 0.3 is 0 Å². The van der Waals surface area contributed by atoms with Gasteiger partial charge in [0.05, 0.1) is 0 Å². The fraction of sp³-hybridized carbons (Fsp3) is 0.938. The zero-order valence-corrected chi connectivity index (χ0v) is 13.2. The Labute approximate surface area is 119 Å². The van der Waals surface area contributed by atoms with Crippen molar-refractivity contribution < 1.29 is 4.79 Å². The van der Waals surface area contributed by atoms with Gasteiger partial charge in [0, 0.05) is 19.0 Å². The van der Waals surface area contributed by atoms with E-state index in [1.165, 1.54) is 38.5 Å². The molecular formula is C16H34N2O. The van der Waals surface area contributed by atoms with Gasteiger partial charge in [-0.2, -0.15) is 0 Å². The molecule has 3 heteroatoms. The summed E-state index contributed by atoms with van der Waals surface area (Å²) < 4.78 is 0. The lowest BCUT2D eigenvalue weighted by Crippen LogP contribution is -2.40. The van der Waals surface area contributed by atoms with Crippen LogP contribution >= 0.6 is 0 Å². The molecule has 0 aliphatic heterocycles. The van der Waals surface area contributed by atoms with Gasteiger partial charge in [0.25, 0.3) is 0 Å². The molecule has 0 saturated heterocycles. The zero-order chi connectivity index (χ0) is 14.5. The molecule has 19 heavy (non-hydrogen) atoms. The number of nitrogens with two attached hydrogens (primary N) is 1. The maximum Gasteiger partial charge on any atom is 0.220 e. The standard InChI is InChI=1S/C16H34N2O/c1-4-5-6-7-8-9-10-11-16(19)18-15(13-17)12-14(2)3/h14-15H,4-13,17H2,1-3H3,(H,18,19). The van der Waals surface area contributed by atoms with Crippen molar-refractivity contribution >= 4 is 5.91 Å². The zero-order valence-electron chi connectivity index (χ0n) is 13.2. The molecule has 0 aromatic heterocycles. The first-order valence-electron chi connectivity index (χ1n) is 8.09. The van der Waals surface area contributed by atoms with E-state index in [9.17, 15) is 4.79 Å². The van der Waals surface area contributed by atoms with Gasteiger partial charge in [-0.15, -0.1) is 0 Å². The third kappa shape index (κ3) is 12.2. The van der Waals surface area contributed by atoms with Crippen molar-refractivity contribution in [3.63, 3.8) is 0 Å². The van der Waals surface area contributed by atoms with Gasteiger partial charge in [0.1, 0.15) is 0 Å². The number of nitrogens with one attached hydrogen (secondary N) is 1. The maximum absolute atomic E-state index is 11.8. The lowest BCUT2D eigenvalue weighted by Gasteiger charge is -2.18. The smallest absolute Gasteiger partial charge is 0.220 e. The second-order valence-corrected chi connectivity index (χ2v) is 6.00. The SMILES string of the molecule is CCCCCCCCCC(=O)NC(CN)CC(C)C. The van der Waals surface area contributed by atoms with Crippen molar-refractivity contribution in [2.75, 3.05) is 6.54 Å². The van der Waals surface area contributed by atoms with Crippen molar-refractivity contribution in [1.29, 1.82) is 0 Å². The third-order valence-electron chi connectivity index (χ3n) is 3.41. The maximum atomic E-state index is 11.8. The number of hydrogen-bond acceptors (Lipinski definition) is 2. The predicted molar refractivity (Wildman–Crippen MR) is 83.1 cm³/mol. The molecule has 3 nitrogen and oxygen atoms in total. The van der Waals surface area contributed by atoms with Crippen molar-refractivity contribution in [1.82, 2.24) is 5.32 Å². The molecule has 1 atom stereocenters. The molecule has 0 saturated carbocycles. The van der Waals surface area contributed by atoms with E-state index in [0.29, 0.717) is 18.9 Å². The van der Waals surface area contributed by atoms with E-state index in [-0.39, 0.29) is 11.9 Å². The summed E-state index contributed by atoms with van der Waals surface area (Å²) in [4.78, 5) is 11.8. The highest BCUT2D eigenvalue weighted by molar-refractivity contribution is 5.76. The molecule has 0 bridgehead atoms. The molecule has 0 aromatic rings. The van der Waals surface area contributed by atoms with Gasteiger partial charge in [-0.1, -0.05) is 59.3 Å². The van der Waals surface area contributed by atoms with E-state index in [0.717, 1.165) is 12.8 Å². The van der Waals surface area contributed by atoms with Gasteiger partial charge < -0.3 is 11.1 Å². The van der Waals surface area contributed by atoms with Crippen LogP contribution in [0.5, 0.6) is 0 Å². The highest BCUT2D eigenvalue weighted by atomic mass is 16.1. The van der Waals surface area contributed by atoms with Gasteiger partial charge in [-0.3, -0.25) is 4.79 Å². The monoisotopic (exact) mass is 270 g/mol. The van der Waals surface area contributed by atoms with Crippen molar-refractivity contribution in [2.45, 2.75) is 84.6 Å². The minimum Gasteiger partial charge on any atom is -0.352 e. The Balaban J connectivity index is 3.52. The largest absolute Gasteiger partial charge is 0.352 e. The van der Waals surface area contributed by atoms with Crippen LogP contribution in [-0.4, -0.2) is 18.5 Å². The van der Waals surface area contributed by atoms with Crippen LogP contribution in [0.25, 0.3) is 0 Å². The molecule has 0 aromatic carbocycles. The summed E-state index contributed by atoms with van der Waals surface area (Å²) in [5.41, 5.74) is 5.68. The summed E-state index contributed by atoms with van der Waals surface area (Å²) in [6, 6.07) is 0.150. The van der Waals surface area contributed by atoms with E-state index in [1.807, 2.05) is 0 Å². The average Bonchev–Trinajstić information content (AvgIpc) is 2.36. The van der Waals surface area contributed by atoms with Crippen LogP contribution in [0.2, 0.25) is 0 Å². The fourth-order valence-corrected chi connectivity index (χ4v) is 2.33. The van der Waals surface area contributed by atoms with Gasteiger partial charge in [0.15, 0.2) is 0 Å². The topological polar surface area (TPSA) is 55.1 Å². The first-order chi connectivity index (χ1) is 9.10. The van der Waals surface area contributed by atoms with E-state index in [1.54, 1.807) is 0 Å². The number of unbranched alkanes of at least 4 members (excludes halogenated alkanes) is 6. The summed E-state index contributed by atoms with van der Waals surface area (Å²) in [5, 5.41) is 3.05. The summed E-state index contributed by atoms with van der Waals surface area (Å²) in [7, 11) is 0. The number of rotatable bonds is 12. The summed E-state index contributed by atoms with van der Waals surface area (Å²) in [6.07, 6.45) is 10.4. The number of carbonyl (C=O) groups is 1. The van der Waals surface area contributed by atoms with Crippen LogP contribution in [-0.2, 0) is 4.79 Å². The van der Waals surface area contributed by atoms with Crippen LogP contribution in [0.3, 0.4) is 0 Å². The van der Waals surface area contributed by atoms with Crippen molar-refractivity contribution in [3.8, 4) is 0 Å². The summed E-state index contributed by atoms with van der Waals surface area (Å²) >= 11 is 0. The molecule has 1 amide bonds. The normalized spacial score (nSPS) is 12.7. The Morgan fingerprint density at radius 1 is 1.05 bits per heavy atom. The van der Waals surface area contributed by atoms with Gasteiger partial charge in [0.2, 0.25) is 5.91 Å². The highest BCUT2D eigenvalue weighted by Crippen LogP contribution is 2.09. The van der Waals surface area contributed by atoms with Gasteiger partial charge in [-0.05, 0) is 18.8 Å². The summed E-state index contributed by atoms with van der Waals surface area (Å²) in [6.45, 7) is 7.09. The second-order valence-electron chi connectivity index (χ2n) is 6.00. The molecule has 0 aliphatic rings. The molecule has 0 fully saturated rings. The summed E-state index contributed by atoms with van der Waals surface area (Å²) in [5.74, 6) is 0.747. The van der Waals surface area contributed by atoms with Crippen LogP contribution in [0, 0.1) is 5.92 Å². The van der Waals surface area contributed by atoms with Crippen LogP contribution in [0.4, 0.5) is 0 Å². The van der Waals surface area contributed by atoms with E-state index in [4.69, 9.17) is 5.73 Å². The molecule has 0 rings (SSSR count). The predicted octanol–water partition coefficient (Wildman–Crippen LogP) is 3.62. The molecular weight excluding hydrogens is 236 g/mol. The number of carbonyl (C=O) groups excluding carboxylic acids is 1.